The number of carbonyl (C=O) groups excluding carboxylic acids is 1. The van der Waals surface area contributed by atoms with Crippen molar-refractivity contribution in [1.29, 1.82) is 0 Å². The van der Waals surface area contributed by atoms with Crippen LogP contribution in [0.3, 0.4) is 0 Å². The zero-order chi connectivity index (χ0) is 47.7. The van der Waals surface area contributed by atoms with Crippen molar-refractivity contribution in [2.24, 2.45) is 0 Å². The Kier molecular flexibility index (Phi) is 56.2. The summed E-state index contributed by atoms with van der Waals surface area (Å²) in [6.45, 7) is 4.32. The first-order valence-corrected chi connectivity index (χ1v) is 29.9. The van der Waals surface area contributed by atoms with Gasteiger partial charge in [0.1, 0.15) is 0 Å². The molecule has 0 aromatic carbocycles. The van der Waals surface area contributed by atoms with Crippen molar-refractivity contribution in [3.05, 3.63) is 48.6 Å². The van der Waals surface area contributed by atoms with Crippen LogP contribution in [0.25, 0.3) is 0 Å². The summed E-state index contributed by atoms with van der Waals surface area (Å²) in [7, 11) is 0. The van der Waals surface area contributed by atoms with Gasteiger partial charge in [0, 0.05) is 6.42 Å². The van der Waals surface area contributed by atoms with Gasteiger partial charge in [-0.05, 0) is 64.2 Å². The molecule has 0 saturated carbocycles. The lowest BCUT2D eigenvalue weighted by molar-refractivity contribution is -0.123. The van der Waals surface area contributed by atoms with Crippen LogP contribution in [0.4, 0.5) is 0 Å². The summed E-state index contributed by atoms with van der Waals surface area (Å²) >= 11 is 0. The molecule has 0 aliphatic rings. The van der Waals surface area contributed by atoms with E-state index >= 15 is 0 Å². The summed E-state index contributed by atoms with van der Waals surface area (Å²) in [6.07, 6.45) is 80.2. The van der Waals surface area contributed by atoms with Crippen molar-refractivity contribution in [3.8, 4) is 0 Å². The van der Waals surface area contributed by atoms with Crippen molar-refractivity contribution in [2.45, 2.75) is 334 Å². The first-order valence-electron chi connectivity index (χ1n) is 29.9. The SMILES string of the molecule is CCCCCCCCCCC/C=C/CC/C=C/C(O)C(CO)NC(=O)CCCCCCCCCCCCCCCCCCC/C=C\C/C=C\CCCCCCCCCCCCCCCCC. The smallest absolute Gasteiger partial charge is 0.220 e. The Morgan fingerprint density at radius 1 is 0.364 bits per heavy atom. The molecule has 0 spiro atoms. The number of hydrogen-bond acceptors (Lipinski definition) is 3. The fourth-order valence-corrected chi connectivity index (χ4v) is 9.23. The van der Waals surface area contributed by atoms with Crippen molar-refractivity contribution < 1.29 is 15.0 Å². The number of amides is 1. The van der Waals surface area contributed by atoms with Crippen LogP contribution >= 0.6 is 0 Å². The van der Waals surface area contributed by atoms with Gasteiger partial charge >= 0.3 is 0 Å². The summed E-state index contributed by atoms with van der Waals surface area (Å²) in [5.41, 5.74) is 0. The van der Waals surface area contributed by atoms with E-state index in [2.05, 4.69) is 55.6 Å². The predicted octanol–water partition coefficient (Wildman–Crippen LogP) is 19.8. The van der Waals surface area contributed by atoms with E-state index in [0.29, 0.717) is 6.42 Å². The molecule has 0 rings (SSSR count). The molecule has 4 nitrogen and oxygen atoms in total. The van der Waals surface area contributed by atoms with Crippen molar-refractivity contribution >= 4 is 5.91 Å². The highest BCUT2D eigenvalue weighted by Crippen LogP contribution is 2.17. The van der Waals surface area contributed by atoms with E-state index < -0.39 is 12.1 Å². The summed E-state index contributed by atoms with van der Waals surface area (Å²) in [6, 6.07) is -0.639. The number of unbranched alkanes of at least 4 members (excludes halogenated alkanes) is 42. The van der Waals surface area contributed by atoms with Gasteiger partial charge in [-0.2, -0.15) is 0 Å². The normalized spacial score (nSPS) is 13.1. The van der Waals surface area contributed by atoms with Gasteiger partial charge in [-0.15, -0.1) is 0 Å². The Hall–Kier alpha value is -1.65. The van der Waals surface area contributed by atoms with Crippen molar-refractivity contribution in [1.82, 2.24) is 5.32 Å². The van der Waals surface area contributed by atoms with E-state index in [1.807, 2.05) is 6.08 Å². The third-order valence-electron chi connectivity index (χ3n) is 13.8. The minimum atomic E-state index is -0.862. The molecule has 0 aromatic heterocycles. The third-order valence-corrected chi connectivity index (χ3v) is 13.8. The molecule has 0 radical (unpaired) electrons. The van der Waals surface area contributed by atoms with Gasteiger partial charge in [-0.3, -0.25) is 4.79 Å². The number of hydrogen-bond donors (Lipinski definition) is 3. The lowest BCUT2D eigenvalue weighted by Crippen LogP contribution is -2.45. The second kappa shape index (κ2) is 57.7. The molecule has 3 N–H and O–H groups in total. The Morgan fingerprint density at radius 2 is 0.636 bits per heavy atom. The number of rotatable bonds is 55. The lowest BCUT2D eigenvalue weighted by Gasteiger charge is -2.19. The molecule has 0 saturated heterocycles. The van der Waals surface area contributed by atoms with Crippen molar-refractivity contribution in [3.63, 3.8) is 0 Å². The molecule has 0 fully saturated rings. The number of aliphatic hydroxyl groups excluding tert-OH is 2. The Morgan fingerprint density at radius 3 is 0.970 bits per heavy atom. The monoisotopic (exact) mass is 924 g/mol. The first kappa shape index (κ1) is 64.3. The zero-order valence-corrected chi connectivity index (χ0v) is 44.7. The topological polar surface area (TPSA) is 69.6 Å². The second-order valence-corrected chi connectivity index (χ2v) is 20.4. The quantitative estimate of drug-likeness (QED) is 0.0420. The molecular weight excluding hydrogens is 807 g/mol. The Balaban J connectivity index is 3.43. The minimum absolute atomic E-state index is 0.0710. The van der Waals surface area contributed by atoms with Gasteiger partial charge in [-0.25, -0.2) is 0 Å². The van der Waals surface area contributed by atoms with Crippen molar-refractivity contribution in [2.75, 3.05) is 6.61 Å². The zero-order valence-electron chi connectivity index (χ0n) is 44.7. The van der Waals surface area contributed by atoms with Gasteiger partial charge in [-0.1, -0.05) is 300 Å². The van der Waals surface area contributed by atoms with Crippen LogP contribution in [-0.2, 0) is 4.79 Å². The number of nitrogens with one attached hydrogen (secondary N) is 1. The molecule has 1 amide bonds. The molecule has 0 aliphatic heterocycles. The molecule has 66 heavy (non-hydrogen) atoms. The fourth-order valence-electron chi connectivity index (χ4n) is 9.23. The molecule has 4 heteroatoms. The summed E-state index contributed by atoms with van der Waals surface area (Å²) in [5, 5.41) is 23.1. The largest absolute Gasteiger partial charge is 0.394 e. The Labute approximate surface area is 414 Å². The highest BCUT2D eigenvalue weighted by atomic mass is 16.3. The van der Waals surface area contributed by atoms with Crippen LogP contribution in [0.5, 0.6) is 0 Å². The molecule has 0 aromatic rings. The number of aliphatic hydroxyl groups is 2. The van der Waals surface area contributed by atoms with Crippen LogP contribution in [0.15, 0.2) is 48.6 Å². The standard InChI is InChI=1S/C62H117NO3/c1-3-5-7-9-11-13-15-17-19-20-21-22-23-24-25-26-27-28-29-30-31-32-33-34-35-36-37-38-39-40-41-42-44-46-48-50-52-54-56-58-62(66)63-60(59-64)61(65)57-55-53-51-49-47-45-43-18-16-14-12-10-8-6-4-2/h27-28,30-31,47,49,55,57,60-61,64-65H,3-26,29,32-46,48,50-54,56,58-59H2,1-2H3,(H,63,66)/b28-27-,31-30-,49-47+,57-55+. The second-order valence-electron chi connectivity index (χ2n) is 20.4. The average Bonchev–Trinajstić information content (AvgIpc) is 3.32. The van der Waals surface area contributed by atoms with Crippen LogP contribution in [0, 0.1) is 0 Å². The van der Waals surface area contributed by atoms with Gasteiger partial charge in [0.15, 0.2) is 0 Å². The molecule has 0 aliphatic carbocycles. The minimum Gasteiger partial charge on any atom is -0.394 e. The van der Waals surface area contributed by atoms with Crippen LogP contribution < -0.4 is 5.32 Å². The van der Waals surface area contributed by atoms with Crippen LogP contribution in [-0.4, -0.2) is 34.9 Å². The fraction of sp³-hybridized carbons (Fsp3) is 0.855. The Bertz CT molecular complexity index is 1050. The van der Waals surface area contributed by atoms with Gasteiger partial charge in [0.25, 0.3) is 0 Å². The van der Waals surface area contributed by atoms with E-state index in [1.54, 1.807) is 6.08 Å². The third kappa shape index (κ3) is 53.3. The lowest BCUT2D eigenvalue weighted by atomic mass is 10.0. The molecule has 0 heterocycles. The molecule has 0 bridgehead atoms. The molecule has 2 atom stereocenters. The van der Waals surface area contributed by atoms with Crippen LogP contribution in [0.2, 0.25) is 0 Å². The van der Waals surface area contributed by atoms with E-state index in [9.17, 15) is 15.0 Å². The van der Waals surface area contributed by atoms with Gasteiger partial charge in [0.2, 0.25) is 5.91 Å². The van der Waals surface area contributed by atoms with E-state index in [1.165, 1.54) is 263 Å². The van der Waals surface area contributed by atoms with E-state index in [4.69, 9.17) is 0 Å². The molecular formula is C62H117NO3. The highest BCUT2D eigenvalue weighted by Gasteiger charge is 2.18. The summed E-state index contributed by atoms with van der Waals surface area (Å²) in [5.74, 6) is -0.0710. The van der Waals surface area contributed by atoms with Crippen LogP contribution in [0.1, 0.15) is 322 Å². The molecule has 2 unspecified atom stereocenters. The summed E-state index contributed by atoms with van der Waals surface area (Å²) < 4.78 is 0. The van der Waals surface area contributed by atoms with Gasteiger partial charge < -0.3 is 15.5 Å². The number of carbonyl (C=O) groups is 1. The number of allylic oxidation sites excluding steroid dienone is 7. The highest BCUT2D eigenvalue weighted by molar-refractivity contribution is 5.76. The van der Waals surface area contributed by atoms with Gasteiger partial charge in [0.05, 0.1) is 18.8 Å². The van der Waals surface area contributed by atoms with E-state index in [-0.39, 0.29) is 12.5 Å². The summed E-state index contributed by atoms with van der Waals surface area (Å²) in [4.78, 5) is 12.5. The maximum atomic E-state index is 12.5. The predicted molar refractivity (Wildman–Crippen MR) is 295 cm³/mol. The first-order chi connectivity index (χ1) is 32.7. The average molecular weight is 925 g/mol. The maximum absolute atomic E-state index is 12.5. The van der Waals surface area contributed by atoms with E-state index in [0.717, 1.165) is 38.5 Å². The maximum Gasteiger partial charge on any atom is 0.220 e. The molecule has 388 valence electrons.